The van der Waals surface area contributed by atoms with Crippen LogP contribution in [0.4, 0.5) is 11.4 Å². The van der Waals surface area contributed by atoms with Crippen LogP contribution in [0.1, 0.15) is 47.3 Å². The maximum Gasteiger partial charge on any atom is 0.235 e. The van der Waals surface area contributed by atoms with Crippen molar-refractivity contribution in [1.82, 2.24) is 0 Å². The van der Waals surface area contributed by atoms with Crippen molar-refractivity contribution in [3.05, 3.63) is 82.8 Å². The first-order chi connectivity index (χ1) is 17.0. The number of Topliss-reactive ketones (excluding diaryl/α,β-unsaturated/α-hetero) is 1. The number of amides is 2. The largest absolute Gasteiger partial charge is 0.469 e. The van der Waals surface area contributed by atoms with E-state index in [1.165, 1.54) is 13.2 Å². The molecule has 1 aliphatic carbocycles. The topological polar surface area (TPSA) is 109 Å². The summed E-state index contributed by atoms with van der Waals surface area (Å²) >= 11 is 0. The zero-order valence-corrected chi connectivity index (χ0v) is 21.2. The summed E-state index contributed by atoms with van der Waals surface area (Å²) < 4.78 is 5.64. The molecule has 1 saturated carbocycles. The Morgan fingerprint density at radius 2 is 1.47 bits per heavy atom. The van der Waals surface area contributed by atoms with Crippen molar-refractivity contribution in [2.24, 2.45) is 11.8 Å². The van der Waals surface area contributed by atoms with Gasteiger partial charge in [0.2, 0.25) is 11.8 Å². The zero-order chi connectivity index (χ0) is 26.2. The molecule has 1 heterocycles. The number of hydrogen-bond donors (Lipinski definition) is 3. The van der Waals surface area contributed by atoms with E-state index in [0.29, 0.717) is 17.1 Å². The van der Waals surface area contributed by atoms with Gasteiger partial charge < -0.3 is 20.2 Å². The summed E-state index contributed by atoms with van der Waals surface area (Å²) in [6.45, 7) is 9.04. The molecule has 2 aromatic carbocycles. The standard InChI is InChI=1S/C29H32N2O5/c1-16-8-10-18(3)20(13-16)30-27(33)24-22(32)15-29(5,35)26(25(24)23-7-6-12-36-23)28(34)31-21-14-17(2)9-11-19(21)4/h6-14,24-26,35H,15H2,1-5H3,(H,30,33)(H,31,34). The fourth-order valence-electron chi connectivity index (χ4n) is 5.08. The molecule has 3 N–H and O–H groups in total. The zero-order valence-electron chi connectivity index (χ0n) is 21.2. The molecule has 7 nitrogen and oxygen atoms in total. The van der Waals surface area contributed by atoms with Crippen molar-refractivity contribution in [3.8, 4) is 0 Å². The molecule has 0 saturated heterocycles. The van der Waals surface area contributed by atoms with E-state index in [0.717, 1.165) is 22.3 Å². The number of furan rings is 1. The molecule has 4 unspecified atom stereocenters. The van der Waals surface area contributed by atoms with Gasteiger partial charge in [-0.2, -0.15) is 0 Å². The minimum atomic E-state index is -1.69. The Hall–Kier alpha value is -3.71. The number of benzene rings is 2. The second kappa shape index (κ2) is 9.74. The van der Waals surface area contributed by atoms with Crippen LogP contribution < -0.4 is 10.6 Å². The molecule has 2 amide bonds. The van der Waals surface area contributed by atoms with E-state index in [-0.39, 0.29) is 6.42 Å². The van der Waals surface area contributed by atoms with Crippen molar-refractivity contribution >= 4 is 29.0 Å². The van der Waals surface area contributed by atoms with Crippen molar-refractivity contribution in [3.63, 3.8) is 0 Å². The number of anilines is 2. The quantitative estimate of drug-likeness (QED) is 0.446. The van der Waals surface area contributed by atoms with Gasteiger partial charge in [0, 0.05) is 17.8 Å². The molecule has 4 rings (SSSR count). The second-order valence-electron chi connectivity index (χ2n) is 10.1. The molecule has 188 valence electrons. The van der Waals surface area contributed by atoms with Crippen LogP contribution in [-0.4, -0.2) is 28.3 Å². The van der Waals surface area contributed by atoms with Crippen LogP contribution >= 0.6 is 0 Å². The van der Waals surface area contributed by atoms with Gasteiger partial charge in [0.05, 0.1) is 23.7 Å². The Kier molecular flexibility index (Phi) is 6.87. The van der Waals surface area contributed by atoms with Crippen LogP contribution in [0, 0.1) is 39.5 Å². The van der Waals surface area contributed by atoms with Crippen LogP contribution in [0.5, 0.6) is 0 Å². The van der Waals surface area contributed by atoms with Crippen LogP contribution in [-0.2, 0) is 14.4 Å². The molecule has 0 bridgehead atoms. The van der Waals surface area contributed by atoms with Gasteiger partial charge in [-0.05, 0) is 81.1 Å². The molecular formula is C29H32N2O5. The second-order valence-corrected chi connectivity index (χ2v) is 10.1. The average molecular weight is 489 g/mol. The Bertz CT molecular complexity index is 1310. The summed E-state index contributed by atoms with van der Waals surface area (Å²) in [5.41, 5.74) is 3.16. The number of carbonyl (C=O) groups excluding carboxylic acids is 3. The van der Waals surface area contributed by atoms with E-state index < -0.39 is 41.0 Å². The Morgan fingerprint density at radius 3 is 2.00 bits per heavy atom. The van der Waals surface area contributed by atoms with E-state index in [1.807, 2.05) is 64.1 Å². The van der Waals surface area contributed by atoms with Crippen LogP contribution in [0.3, 0.4) is 0 Å². The third-order valence-electron chi connectivity index (χ3n) is 7.01. The molecule has 1 aliphatic rings. The van der Waals surface area contributed by atoms with Gasteiger partial charge in [-0.3, -0.25) is 14.4 Å². The van der Waals surface area contributed by atoms with Gasteiger partial charge in [0.25, 0.3) is 0 Å². The van der Waals surface area contributed by atoms with E-state index in [4.69, 9.17) is 4.42 Å². The molecule has 0 aliphatic heterocycles. The van der Waals surface area contributed by atoms with Crippen LogP contribution in [0.15, 0.2) is 59.2 Å². The first-order valence-corrected chi connectivity index (χ1v) is 12.0. The molecular weight excluding hydrogens is 456 g/mol. The Balaban J connectivity index is 1.74. The third-order valence-corrected chi connectivity index (χ3v) is 7.01. The number of ketones is 1. The van der Waals surface area contributed by atoms with Crippen molar-refractivity contribution in [1.29, 1.82) is 0 Å². The molecule has 0 spiro atoms. The lowest BCUT2D eigenvalue weighted by molar-refractivity contribution is -0.151. The number of rotatable bonds is 5. The summed E-state index contributed by atoms with van der Waals surface area (Å²) in [4.78, 5) is 40.7. The number of nitrogens with one attached hydrogen (secondary N) is 2. The molecule has 36 heavy (non-hydrogen) atoms. The van der Waals surface area contributed by atoms with E-state index in [2.05, 4.69) is 10.6 Å². The number of aryl methyl sites for hydroxylation is 4. The fraction of sp³-hybridized carbons (Fsp3) is 0.345. The Labute approximate surface area is 210 Å². The molecule has 1 fully saturated rings. The molecule has 3 aromatic rings. The highest BCUT2D eigenvalue weighted by atomic mass is 16.3. The van der Waals surface area contributed by atoms with Crippen molar-refractivity contribution in [2.75, 3.05) is 10.6 Å². The lowest BCUT2D eigenvalue weighted by Crippen LogP contribution is -2.56. The summed E-state index contributed by atoms with van der Waals surface area (Å²) in [7, 11) is 0. The maximum atomic E-state index is 13.7. The maximum absolute atomic E-state index is 13.7. The van der Waals surface area contributed by atoms with Crippen LogP contribution in [0.2, 0.25) is 0 Å². The summed E-state index contributed by atoms with van der Waals surface area (Å²) in [6, 6.07) is 14.6. The van der Waals surface area contributed by atoms with Gasteiger partial charge >= 0.3 is 0 Å². The highest BCUT2D eigenvalue weighted by Gasteiger charge is 2.57. The van der Waals surface area contributed by atoms with Crippen LogP contribution in [0.25, 0.3) is 0 Å². The first-order valence-electron chi connectivity index (χ1n) is 12.0. The Morgan fingerprint density at radius 1 is 0.917 bits per heavy atom. The minimum Gasteiger partial charge on any atom is -0.469 e. The highest BCUT2D eigenvalue weighted by molar-refractivity contribution is 6.10. The lowest BCUT2D eigenvalue weighted by Gasteiger charge is -2.43. The predicted octanol–water partition coefficient (Wildman–Crippen LogP) is 4.83. The molecule has 0 radical (unpaired) electrons. The van der Waals surface area contributed by atoms with Crippen molar-refractivity contribution in [2.45, 2.75) is 52.6 Å². The van der Waals surface area contributed by atoms with Crippen molar-refractivity contribution < 1.29 is 23.9 Å². The molecule has 7 heteroatoms. The van der Waals surface area contributed by atoms with E-state index >= 15 is 0 Å². The van der Waals surface area contributed by atoms with Gasteiger partial charge in [0.15, 0.2) is 0 Å². The molecule has 4 atom stereocenters. The first kappa shape index (κ1) is 25.4. The summed E-state index contributed by atoms with van der Waals surface area (Å²) in [6.07, 6.45) is 1.10. The highest BCUT2D eigenvalue weighted by Crippen LogP contribution is 2.47. The van der Waals surface area contributed by atoms with Gasteiger partial charge in [-0.15, -0.1) is 0 Å². The number of aliphatic hydroxyl groups is 1. The predicted molar refractivity (Wildman–Crippen MR) is 138 cm³/mol. The fourth-order valence-corrected chi connectivity index (χ4v) is 5.08. The van der Waals surface area contributed by atoms with Gasteiger partial charge in [-0.25, -0.2) is 0 Å². The normalized spacial score (nSPS) is 23.8. The lowest BCUT2D eigenvalue weighted by atomic mass is 9.62. The van der Waals surface area contributed by atoms with Gasteiger partial charge in [0.1, 0.15) is 17.5 Å². The van der Waals surface area contributed by atoms with E-state index in [9.17, 15) is 19.5 Å². The van der Waals surface area contributed by atoms with E-state index in [1.54, 1.807) is 12.1 Å². The minimum absolute atomic E-state index is 0.297. The number of hydrogen-bond acceptors (Lipinski definition) is 5. The van der Waals surface area contributed by atoms with Gasteiger partial charge in [-0.1, -0.05) is 24.3 Å². The monoisotopic (exact) mass is 488 g/mol. The summed E-state index contributed by atoms with van der Waals surface area (Å²) in [5.74, 6) is -4.49. The summed E-state index contributed by atoms with van der Waals surface area (Å²) in [5, 5.41) is 17.2. The smallest absolute Gasteiger partial charge is 0.235 e. The number of carbonyl (C=O) groups is 3. The molecule has 1 aromatic heterocycles. The SMILES string of the molecule is Cc1ccc(C)c(NC(=O)C2C(=O)CC(C)(O)C(C(=O)Nc3cc(C)ccc3C)C2c2ccco2)c1. The average Bonchev–Trinajstić information content (AvgIpc) is 3.32. The third kappa shape index (κ3) is 4.97.